The summed E-state index contributed by atoms with van der Waals surface area (Å²) in [5.41, 5.74) is 23.6. The van der Waals surface area contributed by atoms with Crippen molar-refractivity contribution in [2.24, 2.45) is 0 Å². The summed E-state index contributed by atoms with van der Waals surface area (Å²) in [5, 5.41) is 0. The lowest BCUT2D eigenvalue weighted by Gasteiger charge is -2.48. The third-order valence-electron chi connectivity index (χ3n) is 14.5. The van der Waals surface area contributed by atoms with Gasteiger partial charge in [0.2, 0.25) is 0 Å². The Morgan fingerprint density at radius 1 is 0.452 bits per heavy atom. The summed E-state index contributed by atoms with van der Waals surface area (Å²) in [6, 6.07) is 55.9. The standard InChI is InChI=1S/C59H61BN2/c1-38-32-53-55-54(33-38)62(50-28-24-42(56(2,3)4)34-45(50)41-20-16-13-17-21-41)52-37-47-46(58(8,9)30-31-59(47,10)11)36-49(52)60(55)48-35-43(57(5,6)7)25-29-51(48)61(53)44-26-22-40(23-27-44)39-18-14-12-15-19-39/h12-29,32-37H,30-31H2,1-11H3. The first-order valence-electron chi connectivity index (χ1n) is 22.8. The zero-order valence-corrected chi connectivity index (χ0v) is 38.7. The molecule has 310 valence electrons. The summed E-state index contributed by atoms with van der Waals surface area (Å²) in [6.45, 7) is 26.3. The topological polar surface area (TPSA) is 6.48 Å². The lowest BCUT2D eigenvalue weighted by atomic mass is 9.33. The van der Waals surface area contributed by atoms with Gasteiger partial charge in [0.1, 0.15) is 0 Å². The van der Waals surface area contributed by atoms with Crippen molar-refractivity contribution >= 4 is 57.2 Å². The molecule has 0 saturated carbocycles. The number of fused-ring (bicyclic) bond motifs is 5. The summed E-state index contributed by atoms with van der Waals surface area (Å²) in [6.07, 6.45) is 2.34. The molecule has 3 aliphatic rings. The molecule has 2 nitrogen and oxygen atoms in total. The van der Waals surface area contributed by atoms with Crippen LogP contribution in [0, 0.1) is 6.92 Å². The Kier molecular flexibility index (Phi) is 9.17. The van der Waals surface area contributed by atoms with E-state index in [0.717, 1.165) is 0 Å². The van der Waals surface area contributed by atoms with Crippen LogP contribution < -0.4 is 26.2 Å². The van der Waals surface area contributed by atoms with E-state index in [0.29, 0.717) is 0 Å². The highest BCUT2D eigenvalue weighted by Crippen LogP contribution is 2.52. The first kappa shape index (κ1) is 40.3. The van der Waals surface area contributed by atoms with Gasteiger partial charge in [-0.15, -0.1) is 0 Å². The van der Waals surface area contributed by atoms with Crippen molar-refractivity contribution in [2.45, 2.75) is 111 Å². The zero-order valence-electron chi connectivity index (χ0n) is 38.7. The van der Waals surface area contributed by atoms with Crippen LogP contribution in [0.1, 0.15) is 110 Å². The minimum atomic E-state index is -0.0155. The summed E-state index contributed by atoms with van der Waals surface area (Å²) in [4.78, 5) is 5.23. The molecule has 10 rings (SSSR count). The Morgan fingerprint density at radius 3 is 1.55 bits per heavy atom. The van der Waals surface area contributed by atoms with Crippen LogP contribution >= 0.6 is 0 Å². The number of rotatable bonds is 4. The number of benzene rings is 7. The Morgan fingerprint density at radius 2 is 0.952 bits per heavy atom. The molecule has 0 spiro atoms. The molecule has 0 N–H and O–H groups in total. The molecule has 0 fully saturated rings. The van der Waals surface area contributed by atoms with Gasteiger partial charge in [-0.2, -0.15) is 0 Å². The second-order valence-corrected chi connectivity index (χ2v) is 21.8. The fourth-order valence-electron chi connectivity index (χ4n) is 10.7. The first-order valence-corrected chi connectivity index (χ1v) is 22.8. The highest BCUT2D eigenvalue weighted by molar-refractivity contribution is 7.00. The molecule has 0 radical (unpaired) electrons. The van der Waals surface area contributed by atoms with Crippen LogP contribution in [0.25, 0.3) is 22.3 Å². The normalized spacial score (nSPS) is 16.0. The molecule has 62 heavy (non-hydrogen) atoms. The van der Waals surface area contributed by atoms with E-state index in [9.17, 15) is 0 Å². The number of anilines is 6. The van der Waals surface area contributed by atoms with Gasteiger partial charge in [0, 0.05) is 34.0 Å². The Balaban J connectivity index is 1.32. The Bertz CT molecular complexity index is 2870. The van der Waals surface area contributed by atoms with Crippen molar-refractivity contribution < 1.29 is 0 Å². The number of hydrogen-bond acceptors (Lipinski definition) is 2. The predicted molar refractivity (Wildman–Crippen MR) is 269 cm³/mol. The smallest absolute Gasteiger partial charge is 0.252 e. The summed E-state index contributed by atoms with van der Waals surface area (Å²) in [5.74, 6) is 0. The molecular formula is C59H61BN2. The van der Waals surface area contributed by atoms with Gasteiger partial charge in [0.15, 0.2) is 0 Å². The largest absolute Gasteiger partial charge is 0.311 e. The van der Waals surface area contributed by atoms with Gasteiger partial charge < -0.3 is 9.80 Å². The summed E-state index contributed by atoms with van der Waals surface area (Å²) in [7, 11) is 0. The predicted octanol–water partition coefficient (Wildman–Crippen LogP) is 14.4. The van der Waals surface area contributed by atoms with Gasteiger partial charge in [0.05, 0.1) is 5.69 Å². The third-order valence-corrected chi connectivity index (χ3v) is 14.5. The third kappa shape index (κ3) is 6.54. The molecule has 2 heterocycles. The fourth-order valence-corrected chi connectivity index (χ4v) is 10.7. The molecule has 3 heteroatoms. The van der Waals surface area contributed by atoms with Gasteiger partial charge in [-0.3, -0.25) is 0 Å². The van der Waals surface area contributed by atoms with Crippen LogP contribution in [0.15, 0.2) is 146 Å². The van der Waals surface area contributed by atoms with Crippen molar-refractivity contribution in [3.63, 3.8) is 0 Å². The lowest BCUT2D eigenvalue weighted by Crippen LogP contribution is -2.62. The van der Waals surface area contributed by atoms with Crippen LogP contribution in [0.5, 0.6) is 0 Å². The van der Waals surface area contributed by atoms with Crippen LogP contribution in [0.4, 0.5) is 34.1 Å². The van der Waals surface area contributed by atoms with Crippen LogP contribution in [0.3, 0.4) is 0 Å². The molecule has 0 unspecified atom stereocenters. The number of nitrogens with zero attached hydrogens (tertiary/aromatic N) is 2. The van der Waals surface area contributed by atoms with Gasteiger partial charge in [-0.1, -0.05) is 166 Å². The van der Waals surface area contributed by atoms with Crippen molar-refractivity contribution in [1.82, 2.24) is 0 Å². The van der Waals surface area contributed by atoms with E-state index in [4.69, 9.17) is 0 Å². The first-order chi connectivity index (χ1) is 29.4. The van der Waals surface area contributed by atoms with Crippen LogP contribution in [-0.2, 0) is 21.7 Å². The molecule has 7 aromatic rings. The van der Waals surface area contributed by atoms with E-state index in [1.165, 1.54) is 113 Å². The monoisotopic (exact) mass is 808 g/mol. The quantitative estimate of drug-likeness (QED) is 0.163. The number of aryl methyl sites for hydroxylation is 1. The van der Waals surface area contributed by atoms with E-state index < -0.39 is 0 Å². The molecule has 0 aromatic heterocycles. The maximum Gasteiger partial charge on any atom is 0.252 e. The van der Waals surface area contributed by atoms with Crippen molar-refractivity contribution in [3.8, 4) is 22.3 Å². The van der Waals surface area contributed by atoms with Gasteiger partial charge >= 0.3 is 0 Å². The van der Waals surface area contributed by atoms with Crippen LogP contribution in [0.2, 0.25) is 0 Å². The Hall–Kier alpha value is -5.80. The lowest BCUT2D eigenvalue weighted by molar-refractivity contribution is 0.332. The highest BCUT2D eigenvalue weighted by atomic mass is 15.2. The molecule has 2 aliphatic heterocycles. The van der Waals surface area contributed by atoms with Gasteiger partial charge in [0.25, 0.3) is 6.71 Å². The van der Waals surface area contributed by atoms with E-state index in [1.54, 1.807) is 0 Å². The minimum absolute atomic E-state index is 0.00479. The summed E-state index contributed by atoms with van der Waals surface area (Å²) < 4.78 is 0. The van der Waals surface area contributed by atoms with Crippen molar-refractivity contribution in [3.05, 3.63) is 173 Å². The second kappa shape index (κ2) is 14.1. The van der Waals surface area contributed by atoms with E-state index >= 15 is 0 Å². The average Bonchev–Trinajstić information content (AvgIpc) is 3.24. The molecule has 0 bridgehead atoms. The van der Waals surface area contributed by atoms with Crippen molar-refractivity contribution in [1.29, 1.82) is 0 Å². The molecule has 0 saturated heterocycles. The molecular weight excluding hydrogens is 747 g/mol. The molecule has 1 aliphatic carbocycles. The minimum Gasteiger partial charge on any atom is -0.311 e. The fraction of sp³-hybridized carbons (Fsp3) is 0.288. The molecule has 0 atom stereocenters. The summed E-state index contributed by atoms with van der Waals surface area (Å²) >= 11 is 0. The van der Waals surface area contributed by atoms with Crippen LogP contribution in [-0.4, -0.2) is 6.71 Å². The molecule has 7 aromatic carbocycles. The SMILES string of the molecule is Cc1cc2c3c(c1)N(c1ccc(C(C)(C)C)cc1-c1ccccc1)c1cc4c(cc1B3c1cc(C(C)(C)C)ccc1N2c1ccc(-c2ccccc2)cc1)C(C)(C)CCC4(C)C. The van der Waals surface area contributed by atoms with E-state index in [-0.39, 0.29) is 28.4 Å². The van der Waals surface area contributed by atoms with E-state index in [2.05, 4.69) is 232 Å². The van der Waals surface area contributed by atoms with Gasteiger partial charge in [-0.25, -0.2) is 0 Å². The highest BCUT2D eigenvalue weighted by Gasteiger charge is 2.47. The average molecular weight is 809 g/mol. The maximum absolute atomic E-state index is 2.67. The number of hydrogen-bond donors (Lipinski definition) is 0. The maximum atomic E-state index is 2.67. The van der Waals surface area contributed by atoms with Crippen molar-refractivity contribution in [2.75, 3.05) is 9.80 Å². The Labute approximate surface area is 371 Å². The zero-order chi connectivity index (χ0) is 43.5. The van der Waals surface area contributed by atoms with Gasteiger partial charge in [-0.05, 0) is 151 Å². The van der Waals surface area contributed by atoms with E-state index in [1.807, 2.05) is 0 Å². The molecule has 0 amide bonds. The second-order valence-electron chi connectivity index (χ2n) is 21.8.